The monoisotopic (exact) mass is 479 g/mol. The highest BCUT2D eigenvalue weighted by molar-refractivity contribution is 7.92. The molecule has 4 rings (SSSR count). The lowest BCUT2D eigenvalue weighted by Gasteiger charge is -2.31. The van der Waals surface area contributed by atoms with E-state index in [4.69, 9.17) is 5.11 Å². The van der Waals surface area contributed by atoms with Crippen molar-refractivity contribution in [2.24, 2.45) is 11.8 Å². The molecule has 2 bridgehead atoms. The second-order valence-corrected chi connectivity index (χ2v) is 10.5. The van der Waals surface area contributed by atoms with Gasteiger partial charge in [0.25, 0.3) is 5.91 Å². The first kappa shape index (κ1) is 23.0. The number of sulfone groups is 1. The Morgan fingerprint density at radius 3 is 2.18 bits per heavy atom. The summed E-state index contributed by atoms with van der Waals surface area (Å²) in [7, 11) is -3.82. The maximum absolute atomic E-state index is 13.4. The fraction of sp³-hybridized carbons (Fsp3) is 0.304. The first-order chi connectivity index (χ1) is 15.6. The van der Waals surface area contributed by atoms with Crippen LogP contribution in [0.3, 0.4) is 0 Å². The van der Waals surface area contributed by atoms with Crippen molar-refractivity contribution in [1.29, 1.82) is 0 Å². The van der Waals surface area contributed by atoms with Gasteiger partial charge in [0.15, 0.2) is 27.3 Å². The van der Waals surface area contributed by atoms with E-state index in [0.717, 1.165) is 11.6 Å². The molecule has 3 atom stereocenters. The number of aliphatic carboxylic acids is 1. The van der Waals surface area contributed by atoms with Crippen molar-refractivity contribution in [3.63, 3.8) is 0 Å². The van der Waals surface area contributed by atoms with Crippen molar-refractivity contribution >= 4 is 27.4 Å². The van der Waals surface area contributed by atoms with Crippen LogP contribution in [-0.2, 0) is 14.6 Å². The normalized spacial score (nSPS) is 23.5. The van der Waals surface area contributed by atoms with Crippen LogP contribution in [0.5, 0.6) is 0 Å². The average Bonchev–Trinajstić information content (AvgIpc) is 3.03. The molecule has 2 aliphatic carbocycles. The molecule has 0 aromatic heterocycles. The minimum Gasteiger partial charge on any atom is -0.478 e. The van der Waals surface area contributed by atoms with E-state index in [2.05, 4.69) is 5.32 Å². The summed E-state index contributed by atoms with van der Waals surface area (Å²) < 4.78 is 66.8. The van der Waals surface area contributed by atoms with E-state index in [1.54, 1.807) is 0 Å². The van der Waals surface area contributed by atoms with Crippen LogP contribution < -0.4 is 5.32 Å². The van der Waals surface area contributed by atoms with Crippen molar-refractivity contribution in [3.8, 4) is 0 Å². The van der Waals surface area contributed by atoms with Gasteiger partial charge in [0, 0.05) is 29.5 Å². The van der Waals surface area contributed by atoms with Gasteiger partial charge in [-0.25, -0.2) is 26.4 Å². The van der Waals surface area contributed by atoms with E-state index < -0.39 is 44.4 Å². The van der Waals surface area contributed by atoms with Crippen molar-refractivity contribution in [1.82, 2.24) is 0 Å². The molecule has 0 heterocycles. The second kappa shape index (κ2) is 8.66. The van der Waals surface area contributed by atoms with Crippen molar-refractivity contribution in [2.75, 3.05) is 5.32 Å². The number of hydrogen-bond acceptors (Lipinski definition) is 4. The number of carboxylic acid groups (broad SMARTS) is 1. The number of benzene rings is 2. The maximum Gasteiger partial charge on any atom is 0.328 e. The Bertz CT molecular complexity index is 1240. The smallest absolute Gasteiger partial charge is 0.328 e. The fourth-order valence-electron chi connectivity index (χ4n) is 4.94. The molecule has 10 heteroatoms. The largest absolute Gasteiger partial charge is 0.478 e. The number of carbonyl (C=O) groups excluding carboxylic acids is 1. The Morgan fingerprint density at radius 1 is 1.00 bits per heavy atom. The number of fused-ring (bicyclic) bond motifs is 2. The Hall–Kier alpha value is -3.14. The third-order valence-electron chi connectivity index (χ3n) is 6.24. The molecule has 6 nitrogen and oxygen atoms in total. The number of rotatable bonds is 5. The zero-order valence-electron chi connectivity index (χ0n) is 17.2. The molecule has 0 radical (unpaired) electrons. The van der Waals surface area contributed by atoms with E-state index in [0.29, 0.717) is 37.8 Å². The van der Waals surface area contributed by atoms with Crippen LogP contribution in [-0.4, -0.2) is 30.7 Å². The molecule has 2 N–H and O–H groups in total. The topological polar surface area (TPSA) is 101 Å². The minimum atomic E-state index is -3.82. The van der Waals surface area contributed by atoms with Gasteiger partial charge in [-0.05, 0) is 55.7 Å². The van der Waals surface area contributed by atoms with Crippen LogP contribution >= 0.6 is 0 Å². The van der Waals surface area contributed by atoms with Crippen LogP contribution in [0.4, 0.5) is 18.9 Å². The van der Waals surface area contributed by atoms with Crippen LogP contribution in [0, 0.1) is 29.3 Å². The van der Waals surface area contributed by atoms with Crippen LogP contribution in [0.1, 0.15) is 36.0 Å². The lowest BCUT2D eigenvalue weighted by atomic mass is 9.84. The number of amides is 1. The summed E-state index contributed by atoms with van der Waals surface area (Å²) in [5.41, 5.74) is 0.372. The summed E-state index contributed by atoms with van der Waals surface area (Å²) in [6.07, 6.45) is 3.30. The molecule has 174 valence electrons. The molecule has 0 saturated heterocycles. The Labute approximate surface area is 188 Å². The van der Waals surface area contributed by atoms with Gasteiger partial charge in [0.2, 0.25) is 0 Å². The number of anilines is 1. The molecule has 2 unspecified atom stereocenters. The lowest BCUT2D eigenvalue weighted by Crippen LogP contribution is -2.35. The summed E-state index contributed by atoms with van der Waals surface area (Å²) in [5, 5.41) is 10.6. The molecule has 1 amide bonds. The van der Waals surface area contributed by atoms with Gasteiger partial charge < -0.3 is 10.4 Å². The van der Waals surface area contributed by atoms with E-state index >= 15 is 0 Å². The van der Waals surface area contributed by atoms with Crippen LogP contribution in [0.15, 0.2) is 52.9 Å². The lowest BCUT2D eigenvalue weighted by molar-refractivity contribution is -0.131. The molecule has 0 spiro atoms. The fourth-order valence-corrected chi connectivity index (χ4v) is 7.29. The highest BCUT2D eigenvalue weighted by Crippen LogP contribution is 2.49. The molecule has 2 aromatic carbocycles. The number of carbonyl (C=O) groups is 2. The summed E-state index contributed by atoms with van der Waals surface area (Å²) in [5.74, 6) is -6.87. The van der Waals surface area contributed by atoms with Gasteiger partial charge in [-0.1, -0.05) is 11.6 Å². The molecule has 2 aliphatic rings. The number of nitrogens with one attached hydrogen (secondary N) is 1. The molecule has 0 aliphatic heterocycles. The number of carboxylic acids is 1. The third kappa shape index (κ3) is 4.52. The van der Waals surface area contributed by atoms with Crippen molar-refractivity contribution in [3.05, 3.63) is 71.1 Å². The summed E-state index contributed by atoms with van der Waals surface area (Å²) >= 11 is 0. The zero-order valence-corrected chi connectivity index (χ0v) is 18.0. The van der Waals surface area contributed by atoms with E-state index in [9.17, 15) is 31.2 Å². The number of allylic oxidation sites excluding steroid dienone is 1. The number of halogens is 3. The SMILES string of the molecule is O=C(O)/C=C1\CC2CC[C@@H](C1)C2S(=O)(=O)c1cccc(C(=O)Nc2cc(F)c(F)c(F)c2)c1. The van der Waals surface area contributed by atoms with E-state index in [-0.39, 0.29) is 28.0 Å². The zero-order chi connectivity index (χ0) is 23.9. The first-order valence-corrected chi connectivity index (χ1v) is 11.8. The quantitative estimate of drug-likeness (QED) is 0.491. The van der Waals surface area contributed by atoms with Crippen molar-refractivity contribution < 1.29 is 36.3 Å². The molecule has 2 aromatic rings. The highest BCUT2D eigenvalue weighted by Gasteiger charge is 2.48. The average molecular weight is 479 g/mol. The predicted molar refractivity (Wildman–Crippen MR) is 113 cm³/mol. The summed E-state index contributed by atoms with van der Waals surface area (Å²) in [4.78, 5) is 23.5. The maximum atomic E-state index is 13.4. The van der Waals surface area contributed by atoms with Crippen LogP contribution in [0.25, 0.3) is 0 Å². The first-order valence-electron chi connectivity index (χ1n) is 10.3. The molecule has 2 fully saturated rings. The predicted octanol–water partition coefficient (Wildman–Crippen LogP) is 4.33. The van der Waals surface area contributed by atoms with E-state index in [1.165, 1.54) is 24.3 Å². The Balaban J connectivity index is 1.57. The molecule has 33 heavy (non-hydrogen) atoms. The minimum absolute atomic E-state index is 0.0455. The summed E-state index contributed by atoms with van der Waals surface area (Å²) in [6, 6.07) is 6.58. The summed E-state index contributed by atoms with van der Waals surface area (Å²) in [6.45, 7) is 0. The Morgan fingerprint density at radius 2 is 1.61 bits per heavy atom. The molecule has 2 saturated carbocycles. The van der Waals surface area contributed by atoms with Crippen molar-refractivity contribution in [2.45, 2.75) is 35.8 Å². The van der Waals surface area contributed by atoms with Crippen LogP contribution in [0.2, 0.25) is 0 Å². The molecular formula is C23H20F3NO5S. The third-order valence-corrected chi connectivity index (χ3v) is 8.64. The van der Waals surface area contributed by atoms with Gasteiger partial charge in [-0.2, -0.15) is 0 Å². The highest BCUT2D eigenvalue weighted by atomic mass is 32.2. The van der Waals surface area contributed by atoms with Gasteiger partial charge in [-0.3, -0.25) is 4.79 Å². The van der Waals surface area contributed by atoms with Gasteiger partial charge in [0.05, 0.1) is 10.1 Å². The van der Waals surface area contributed by atoms with Gasteiger partial charge in [0.1, 0.15) is 0 Å². The number of hydrogen-bond donors (Lipinski definition) is 2. The van der Waals surface area contributed by atoms with Gasteiger partial charge >= 0.3 is 5.97 Å². The van der Waals surface area contributed by atoms with Gasteiger partial charge in [-0.15, -0.1) is 0 Å². The van der Waals surface area contributed by atoms with E-state index in [1.807, 2.05) is 0 Å². The standard InChI is InChI=1S/C23H20F3NO5S/c24-18-10-16(11-19(25)21(18)26)27-23(30)15-2-1-3-17(9-15)33(31,32)22-13-4-5-14(22)7-12(6-13)8-20(28)29/h1-3,8-11,13-14,22H,4-7H2,(H,27,30)(H,28,29)/b12-8-/t13-,14?,22?/m0/s1. The Kier molecular flexibility index (Phi) is 6.04. The molecular weight excluding hydrogens is 459 g/mol. The second-order valence-electron chi connectivity index (χ2n) is 8.39.